The lowest BCUT2D eigenvalue weighted by molar-refractivity contribution is 0.0777. The molecule has 0 fully saturated rings. The van der Waals surface area contributed by atoms with Crippen molar-refractivity contribution >= 4 is 22.8 Å². The Bertz CT molecular complexity index is 1040. The van der Waals surface area contributed by atoms with Gasteiger partial charge in [-0.1, -0.05) is 6.08 Å². The maximum Gasteiger partial charge on any atom is 0.266 e. The van der Waals surface area contributed by atoms with Crippen molar-refractivity contribution in [3.05, 3.63) is 64.6 Å². The van der Waals surface area contributed by atoms with E-state index in [4.69, 9.17) is 14.2 Å². The number of benzene rings is 1. The van der Waals surface area contributed by atoms with Gasteiger partial charge in [-0.05, 0) is 35.6 Å². The predicted molar refractivity (Wildman–Crippen MR) is 118 cm³/mol. The first-order valence-corrected chi connectivity index (χ1v) is 10.5. The number of hydrogen-bond acceptors (Lipinski definition) is 5. The highest BCUT2D eigenvalue weighted by atomic mass is 32.1. The molecule has 0 spiro atoms. The number of aromatic nitrogens is 1. The number of amides is 1. The van der Waals surface area contributed by atoms with E-state index in [9.17, 15) is 4.79 Å². The predicted octanol–water partition coefficient (Wildman–Crippen LogP) is 4.49. The highest BCUT2D eigenvalue weighted by Crippen LogP contribution is 2.41. The summed E-state index contributed by atoms with van der Waals surface area (Å²) in [5.41, 5.74) is 2.94. The first-order valence-electron chi connectivity index (χ1n) is 9.65. The Morgan fingerprint density at radius 3 is 2.30 bits per heavy atom. The Balaban J connectivity index is 1.59. The largest absolute Gasteiger partial charge is 0.496 e. The average Bonchev–Trinajstić information content (AvgIpc) is 3.49. The van der Waals surface area contributed by atoms with Crippen LogP contribution in [0.15, 0.2) is 54.2 Å². The zero-order valence-corrected chi connectivity index (χ0v) is 18.1. The van der Waals surface area contributed by atoms with Crippen molar-refractivity contribution in [3.8, 4) is 22.9 Å². The summed E-state index contributed by atoms with van der Waals surface area (Å²) in [6, 6.07) is 9.60. The van der Waals surface area contributed by atoms with E-state index in [0.717, 1.165) is 28.1 Å². The number of thiophene rings is 1. The fourth-order valence-electron chi connectivity index (χ4n) is 3.71. The molecule has 0 saturated carbocycles. The van der Waals surface area contributed by atoms with Crippen LogP contribution in [-0.4, -0.2) is 49.8 Å². The summed E-state index contributed by atoms with van der Waals surface area (Å²) in [6.07, 6.45) is 6.71. The standard InChI is InChI=1S/C23H24N2O4S/c1-27-17-14-19(28-2)21(20(15-17)29-3)16-6-11-25(12-7-16)23(26)22-18(8-13-30-22)24-9-4-5-10-24/h4-6,8-10,13-15H,7,11-12H2,1-3H3. The van der Waals surface area contributed by atoms with E-state index in [2.05, 4.69) is 6.08 Å². The molecular weight excluding hydrogens is 400 g/mol. The molecule has 0 aliphatic carbocycles. The van der Waals surface area contributed by atoms with Gasteiger partial charge in [-0.15, -0.1) is 11.3 Å². The second-order valence-corrected chi connectivity index (χ2v) is 7.78. The van der Waals surface area contributed by atoms with Crippen molar-refractivity contribution < 1.29 is 19.0 Å². The molecule has 1 amide bonds. The number of methoxy groups -OCH3 is 3. The maximum absolute atomic E-state index is 13.2. The van der Waals surface area contributed by atoms with E-state index < -0.39 is 0 Å². The van der Waals surface area contributed by atoms with E-state index in [-0.39, 0.29) is 5.91 Å². The molecule has 3 aromatic rings. The third kappa shape index (κ3) is 3.68. The van der Waals surface area contributed by atoms with Gasteiger partial charge in [-0.2, -0.15) is 0 Å². The van der Waals surface area contributed by atoms with Crippen molar-refractivity contribution in [2.24, 2.45) is 0 Å². The van der Waals surface area contributed by atoms with Crippen LogP contribution in [0.5, 0.6) is 17.2 Å². The Labute approximate surface area is 179 Å². The summed E-state index contributed by atoms with van der Waals surface area (Å²) < 4.78 is 18.5. The monoisotopic (exact) mass is 424 g/mol. The molecular formula is C23H24N2O4S. The van der Waals surface area contributed by atoms with E-state index in [1.807, 2.05) is 57.6 Å². The van der Waals surface area contributed by atoms with E-state index in [1.54, 1.807) is 21.3 Å². The van der Waals surface area contributed by atoms with Crippen LogP contribution in [0.2, 0.25) is 0 Å². The van der Waals surface area contributed by atoms with E-state index in [1.165, 1.54) is 11.3 Å². The summed E-state index contributed by atoms with van der Waals surface area (Å²) in [4.78, 5) is 15.8. The third-order valence-corrected chi connectivity index (χ3v) is 6.15. The molecule has 7 heteroatoms. The summed E-state index contributed by atoms with van der Waals surface area (Å²) in [5.74, 6) is 2.13. The average molecular weight is 425 g/mol. The smallest absolute Gasteiger partial charge is 0.266 e. The fraction of sp³-hybridized carbons (Fsp3) is 0.261. The number of rotatable bonds is 6. The van der Waals surface area contributed by atoms with Crippen molar-refractivity contribution in [1.82, 2.24) is 9.47 Å². The molecule has 2 aromatic heterocycles. The van der Waals surface area contributed by atoms with Gasteiger partial charge in [0.1, 0.15) is 22.1 Å². The quantitative estimate of drug-likeness (QED) is 0.585. The van der Waals surface area contributed by atoms with Crippen LogP contribution >= 0.6 is 11.3 Å². The maximum atomic E-state index is 13.2. The third-order valence-electron chi connectivity index (χ3n) is 5.25. The minimum Gasteiger partial charge on any atom is -0.496 e. The zero-order chi connectivity index (χ0) is 21.1. The Morgan fingerprint density at radius 2 is 1.73 bits per heavy atom. The van der Waals surface area contributed by atoms with Crippen LogP contribution in [0, 0.1) is 0 Å². The minimum absolute atomic E-state index is 0.0534. The molecule has 1 aromatic carbocycles. The summed E-state index contributed by atoms with van der Waals surface area (Å²) in [6.45, 7) is 1.17. The lowest BCUT2D eigenvalue weighted by Crippen LogP contribution is -2.34. The van der Waals surface area contributed by atoms with E-state index in [0.29, 0.717) is 30.3 Å². The van der Waals surface area contributed by atoms with Crippen molar-refractivity contribution in [3.63, 3.8) is 0 Å². The number of carbonyl (C=O) groups excluding carboxylic acids is 1. The SMILES string of the molecule is COc1cc(OC)c(C2=CCN(C(=O)c3sccc3-n3cccc3)CC2)c(OC)c1. The highest BCUT2D eigenvalue weighted by Gasteiger charge is 2.25. The van der Waals surface area contributed by atoms with Crippen molar-refractivity contribution in [2.45, 2.75) is 6.42 Å². The molecule has 4 rings (SSSR count). The van der Waals surface area contributed by atoms with Crippen LogP contribution in [0.4, 0.5) is 0 Å². The molecule has 1 aliphatic rings. The van der Waals surface area contributed by atoms with E-state index >= 15 is 0 Å². The molecule has 0 N–H and O–H groups in total. The van der Waals surface area contributed by atoms with Gasteiger partial charge in [0.05, 0.1) is 32.6 Å². The Kier molecular flexibility index (Phi) is 5.81. The molecule has 0 bridgehead atoms. The van der Waals surface area contributed by atoms with Crippen LogP contribution in [0.25, 0.3) is 11.3 Å². The number of ether oxygens (including phenoxy) is 3. The van der Waals surface area contributed by atoms with Gasteiger partial charge in [-0.3, -0.25) is 4.79 Å². The number of nitrogens with zero attached hydrogens (tertiary/aromatic N) is 2. The zero-order valence-electron chi connectivity index (χ0n) is 17.3. The summed E-state index contributed by atoms with van der Waals surface area (Å²) in [7, 11) is 4.89. The van der Waals surface area contributed by atoms with Gasteiger partial charge >= 0.3 is 0 Å². The molecule has 6 nitrogen and oxygen atoms in total. The Hall–Kier alpha value is -3.19. The first-order chi connectivity index (χ1) is 14.7. The topological polar surface area (TPSA) is 52.9 Å². The number of hydrogen-bond donors (Lipinski definition) is 0. The van der Waals surface area contributed by atoms with Gasteiger partial charge in [0.2, 0.25) is 0 Å². The molecule has 0 atom stereocenters. The van der Waals surface area contributed by atoms with Crippen LogP contribution in [0.3, 0.4) is 0 Å². The van der Waals surface area contributed by atoms with Crippen molar-refractivity contribution in [1.29, 1.82) is 0 Å². The molecule has 0 saturated heterocycles. The Morgan fingerprint density at radius 1 is 1.03 bits per heavy atom. The minimum atomic E-state index is 0.0534. The molecule has 1 aliphatic heterocycles. The lowest BCUT2D eigenvalue weighted by Gasteiger charge is -2.28. The highest BCUT2D eigenvalue weighted by molar-refractivity contribution is 7.12. The molecule has 30 heavy (non-hydrogen) atoms. The fourth-order valence-corrected chi connectivity index (χ4v) is 4.56. The van der Waals surface area contributed by atoms with Gasteiger partial charge in [0.15, 0.2) is 0 Å². The molecule has 0 unspecified atom stereocenters. The lowest BCUT2D eigenvalue weighted by atomic mass is 9.97. The second kappa shape index (κ2) is 8.67. The van der Waals surface area contributed by atoms with Gasteiger partial charge < -0.3 is 23.7 Å². The molecule has 156 valence electrons. The summed E-state index contributed by atoms with van der Waals surface area (Å²) in [5, 5.41) is 1.96. The molecule has 0 radical (unpaired) electrons. The van der Waals surface area contributed by atoms with Crippen LogP contribution in [0.1, 0.15) is 21.7 Å². The number of carbonyl (C=O) groups is 1. The second-order valence-electron chi connectivity index (χ2n) is 6.86. The van der Waals surface area contributed by atoms with Gasteiger partial charge in [0.25, 0.3) is 5.91 Å². The van der Waals surface area contributed by atoms with Gasteiger partial charge in [0, 0.05) is 37.6 Å². The normalized spacial score (nSPS) is 13.7. The first kappa shape index (κ1) is 20.1. The van der Waals surface area contributed by atoms with Gasteiger partial charge in [-0.25, -0.2) is 0 Å². The van der Waals surface area contributed by atoms with Crippen LogP contribution in [-0.2, 0) is 0 Å². The van der Waals surface area contributed by atoms with Crippen molar-refractivity contribution in [2.75, 3.05) is 34.4 Å². The summed E-state index contributed by atoms with van der Waals surface area (Å²) >= 11 is 1.48. The molecule has 3 heterocycles. The van der Waals surface area contributed by atoms with Crippen LogP contribution < -0.4 is 14.2 Å².